The average Bonchev–Trinajstić information content (AvgIpc) is 2.96. The molecule has 0 radical (unpaired) electrons. The predicted molar refractivity (Wildman–Crippen MR) is 96.6 cm³/mol. The van der Waals surface area contributed by atoms with Crippen LogP contribution >= 0.6 is 12.2 Å². The Balaban J connectivity index is 1.77. The van der Waals surface area contributed by atoms with Gasteiger partial charge in [0, 0.05) is 22.7 Å². The summed E-state index contributed by atoms with van der Waals surface area (Å²) in [6.45, 7) is 0.531. The number of ether oxygens (including phenoxy) is 1. The number of hydrogen-bond donors (Lipinski definition) is 3. The van der Waals surface area contributed by atoms with Crippen LogP contribution in [0.15, 0.2) is 59.8 Å². The number of thiocarbonyl (C=S) groups is 1. The van der Waals surface area contributed by atoms with Crippen molar-refractivity contribution in [3.63, 3.8) is 0 Å². The van der Waals surface area contributed by atoms with E-state index >= 15 is 0 Å². The number of hydrazone groups is 1. The minimum Gasteiger partial charge on any atom is -0.489 e. The van der Waals surface area contributed by atoms with Crippen molar-refractivity contribution < 1.29 is 4.74 Å². The van der Waals surface area contributed by atoms with E-state index in [0.29, 0.717) is 6.61 Å². The van der Waals surface area contributed by atoms with E-state index < -0.39 is 0 Å². The van der Waals surface area contributed by atoms with E-state index in [2.05, 4.69) is 15.5 Å². The third-order valence-electron chi connectivity index (χ3n) is 3.31. The zero-order valence-corrected chi connectivity index (χ0v) is 13.1. The van der Waals surface area contributed by atoms with E-state index in [4.69, 9.17) is 22.7 Å². The number of hydrogen-bond acceptors (Lipinski definition) is 3. The lowest BCUT2D eigenvalue weighted by Crippen LogP contribution is -2.23. The fourth-order valence-corrected chi connectivity index (χ4v) is 2.28. The molecule has 0 unspecified atom stereocenters. The number of fused-ring (bicyclic) bond motifs is 1. The Kier molecular flexibility index (Phi) is 4.54. The Morgan fingerprint density at radius 1 is 1.26 bits per heavy atom. The summed E-state index contributed by atoms with van der Waals surface area (Å²) >= 11 is 4.71. The van der Waals surface area contributed by atoms with Crippen LogP contribution in [-0.2, 0) is 6.61 Å². The standard InChI is InChI=1S/C17H16N4OS/c18-17(23)21-20-10-13-9-19-16-7-6-14(8-15(13)16)22-11-12-4-2-1-3-5-12/h1-10,19H,11H2,(H3,18,21,23)/b20-10+. The van der Waals surface area contributed by atoms with Gasteiger partial charge in [0.1, 0.15) is 12.4 Å². The van der Waals surface area contributed by atoms with Crippen LogP contribution in [0.4, 0.5) is 0 Å². The first-order chi connectivity index (χ1) is 11.2. The number of nitrogens with two attached hydrogens (primary N) is 1. The molecule has 4 N–H and O–H groups in total. The van der Waals surface area contributed by atoms with Gasteiger partial charge in [0.25, 0.3) is 0 Å². The molecule has 3 aromatic rings. The quantitative estimate of drug-likeness (QED) is 0.383. The molecule has 0 aliphatic heterocycles. The molecule has 116 valence electrons. The summed E-state index contributed by atoms with van der Waals surface area (Å²) in [6.07, 6.45) is 3.54. The van der Waals surface area contributed by atoms with Gasteiger partial charge in [-0.15, -0.1) is 0 Å². The van der Waals surface area contributed by atoms with Crippen molar-refractivity contribution in [2.45, 2.75) is 6.61 Å². The number of rotatable bonds is 5. The van der Waals surface area contributed by atoms with Crippen LogP contribution in [0, 0.1) is 0 Å². The van der Waals surface area contributed by atoms with Gasteiger partial charge < -0.3 is 15.5 Å². The number of nitrogens with zero attached hydrogens (tertiary/aromatic N) is 1. The monoisotopic (exact) mass is 324 g/mol. The molecule has 0 amide bonds. The van der Waals surface area contributed by atoms with Crippen LogP contribution in [0.2, 0.25) is 0 Å². The Bertz CT molecular complexity index is 842. The molecular weight excluding hydrogens is 308 g/mol. The summed E-state index contributed by atoms with van der Waals surface area (Å²) in [4.78, 5) is 3.19. The van der Waals surface area contributed by atoms with Gasteiger partial charge >= 0.3 is 0 Å². The van der Waals surface area contributed by atoms with Crippen molar-refractivity contribution >= 4 is 34.4 Å². The third kappa shape index (κ3) is 3.87. The van der Waals surface area contributed by atoms with Crippen LogP contribution in [0.1, 0.15) is 11.1 Å². The van der Waals surface area contributed by atoms with E-state index in [-0.39, 0.29) is 5.11 Å². The maximum atomic E-state index is 5.85. The number of nitrogens with one attached hydrogen (secondary N) is 2. The summed E-state index contributed by atoms with van der Waals surface area (Å²) in [5.41, 5.74) is 10.9. The molecular formula is C17H16N4OS. The van der Waals surface area contributed by atoms with Gasteiger partial charge in [-0.2, -0.15) is 5.10 Å². The Morgan fingerprint density at radius 2 is 2.09 bits per heavy atom. The first-order valence-corrected chi connectivity index (χ1v) is 7.49. The van der Waals surface area contributed by atoms with Crippen LogP contribution in [-0.4, -0.2) is 16.3 Å². The molecule has 0 saturated carbocycles. The van der Waals surface area contributed by atoms with Crippen LogP contribution in [0.5, 0.6) is 5.75 Å². The van der Waals surface area contributed by atoms with Crippen LogP contribution < -0.4 is 15.9 Å². The number of benzene rings is 2. The van der Waals surface area contributed by atoms with Gasteiger partial charge in [-0.25, -0.2) is 0 Å². The topological polar surface area (TPSA) is 75.4 Å². The Morgan fingerprint density at radius 3 is 2.87 bits per heavy atom. The van der Waals surface area contributed by atoms with Gasteiger partial charge in [0.05, 0.1) is 6.21 Å². The molecule has 0 aliphatic rings. The lowest BCUT2D eigenvalue weighted by Gasteiger charge is -2.06. The molecule has 0 aliphatic carbocycles. The highest BCUT2D eigenvalue weighted by molar-refractivity contribution is 7.80. The molecule has 2 aromatic carbocycles. The molecule has 0 fully saturated rings. The largest absolute Gasteiger partial charge is 0.489 e. The highest BCUT2D eigenvalue weighted by Crippen LogP contribution is 2.23. The highest BCUT2D eigenvalue weighted by Gasteiger charge is 2.04. The van der Waals surface area contributed by atoms with Gasteiger partial charge in [0.2, 0.25) is 0 Å². The van der Waals surface area contributed by atoms with Crippen LogP contribution in [0.25, 0.3) is 10.9 Å². The van der Waals surface area contributed by atoms with Crippen molar-refractivity contribution in [3.8, 4) is 5.75 Å². The maximum absolute atomic E-state index is 5.85. The predicted octanol–water partition coefficient (Wildman–Crippen LogP) is 2.91. The van der Waals surface area contributed by atoms with Gasteiger partial charge in [-0.3, -0.25) is 5.43 Å². The zero-order valence-electron chi connectivity index (χ0n) is 12.3. The SMILES string of the molecule is NC(=S)N/N=C/c1c[nH]c2ccc(OCc3ccccc3)cc12. The summed E-state index contributed by atoms with van der Waals surface area (Å²) in [7, 11) is 0. The van der Waals surface area contributed by atoms with Crippen molar-refractivity contribution in [2.75, 3.05) is 0 Å². The van der Waals surface area contributed by atoms with Crippen molar-refractivity contribution in [3.05, 3.63) is 65.9 Å². The lowest BCUT2D eigenvalue weighted by molar-refractivity contribution is 0.306. The summed E-state index contributed by atoms with van der Waals surface area (Å²) < 4.78 is 5.85. The molecule has 0 bridgehead atoms. The van der Waals surface area contributed by atoms with Gasteiger partial charge in [-0.1, -0.05) is 30.3 Å². The van der Waals surface area contributed by atoms with Crippen molar-refractivity contribution in [2.24, 2.45) is 10.8 Å². The molecule has 0 saturated heterocycles. The van der Waals surface area contributed by atoms with Gasteiger partial charge in [-0.05, 0) is 36.0 Å². The van der Waals surface area contributed by atoms with E-state index in [9.17, 15) is 0 Å². The Hall–Kier alpha value is -2.86. The molecule has 3 rings (SSSR count). The van der Waals surface area contributed by atoms with E-state index in [1.54, 1.807) is 6.21 Å². The smallest absolute Gasteiger partial charge is 0.184 e. The minimum absolute atomic E-state index is 0.132. The second-order valence-corrected chi connectivity index (χ2v) is 5.40. The van der Waals surface area contributed by atoms with E-state index in [1.807, 2.05) is 54.7 Å². The zero-order chi connectivity index (χ0) is 16.1. The summed E-state index contributed by atoms with van der Waals surface area (Å²) in [6, 6.07) is 16.0. The van der Waals surface area contributed by atoms with E-state index in [1.165, 1.54) is 0 Å². The molecule has 1 aromatic heterocycles. The van der Waals surface area contributed by atoms with Crippen molar-refractivity contribution in [1.82, 2.24) is 10.4 Å². The number of aromatic amines is 1. The molecule has 6 heteroatoms. The molecule has 23 heavy (non-hydrogen) atoms. The normalized spacial score (nSPS) is 11.0. The average molecular weight is 324 g/mol. The van der Waals surface area contributed by atoms with E-state index in [0.717, 1.165) is 27.8 Å². The molecule has 0 spiro atoms. The number of H-pyrrole nitrogens is 1. The second kappa shape index (κ2) is 6.93. The Labute approximate surface area is 139 Å². The minimum atomic E-state index is 0.132. The van der Waals surface area contributed by atoms with Crippen molar-refractivity contribution in [1.29, 1.82) is 0 Å². The lowest BCUT2D eigenvalue weighted by atomic mass is 10.2. The summed E-state index contributed by atoms with van der Waals surface area (Å²) in [5.74, 6) is 0.804. The molecule has 1 heterocycles. The third-order valence-corrected chi connectivity index (χ3v) is 3.40. The molecule has 0 atom stereocenters. The van der Waals surface area contributed by atoms with Gasteiger partial charge in [0.15, 0.2) is 5.11 Å². The first-order valence-electron chi connectivity index (χ1n) is 7.09. The second-order valence-electron chi connectivity index (χ2n) is 4.96. The van der Waals surface area contributed by atoms with Crippen LogP contribution in [0.3, 0.4) is 0 Å². The maximum Gasteiger partial charge on any atom is 0.184 e. The first kappa shape index (κ1) is 15.1. The fraction of sp³-hybridized carbons (Fsp3) is 0.0588. The highest BCUT2D eigenvalue weighted by atomic mass is 32.1. The summed E-state index contributed by atoms with van der Waals surface area (Å²) in [5, 5.41) is 5.13. The number of aromatic nitrogens is 1. The molecule has 5 nitrogen and oxygen atoms in total. The fourth-order valence-electron chi connectivity index (χ4n) is 2.22.